The van der Waals surface area contributed by atoms with Crippen molar-refractivity contribution in [1.82, 2.24) is 29.6 Å². The lowest BCUT2D eigenvalue weighted by Gasteiger charge is -2.32. The molecule has 1 unspecified atom stereocenters. The Bertz CT molecular complexity index is 1860. The van der Waals surface area contributed by atoms with E-state index in [4.69, 9.17) is 11.6 Å². The summed E-state index contributed by atoms with van der Waals surface area (Å²) in [6, 6.07) is 20.7. The van der Waals surface area contributed by atoms with Crippen molar-refractivity contribution in [3.63, 3.8) is 0 Å². The minimum atomic E-state index is -0.619. The number of imidazole rings is 1. The molecule has 3 heterocycles. The van der Waals surface area contributed by atoms with Crippen LogP contribution in [0.2, 0.25) is 5.02 Å². The first-order valence-electron chi connectivity index (χ1n) is 12.0. The van der Waals surface area contributed by atoms with Crippen molar-refractivity contribution >= 4 is 33.9 Å². The number of ketones is 1. The monoisotopic (exact) mass is 522 g/mol. The number of Topliss-reactive ketones (excluding diaryl/α,β-unsaturated/α-hetero) is 1. The van der Waals surface area contributed by atoms with E-state index in [1.165, 1.54) is 6.92 Å². The van der Waals surface area contributed by atoms with E-state index in [2.05, 4.69) is 33.5 Å². The third-order valence-electron chi connectivity index (χ3n) is 7.25. The molecule has 9 heteroatoms. The number of rotatable bonds is 5. The Hall–Kier alpha value is -4.56. The van der Waals surface area contributed by atoms with Crippen molar-refractivity contribution in [2.75, 3.05) is 0 Å². The van der Waals surface area contributed by atoms with E-state index < -0.39 is 5.41 Å². The molecule has 3 aromatic carbocycles. The SMILES string of the molecule is CC(=O)c1c(-c2cccc(O)c2)c2cc(C(C)(c3ccc(Cl)cc3)c3cncn3C)ccc2n2nnnc12. The molecule has 1 N–H and O–H groups in total. The minimum absolute atomic E-state index is 0.0988. The van der Waals surface area contributed by atoms with E-state index in [-0.39, 0.29) is 11.5 Å². The molecule has 6 rings (SSSR count). The van der Waals surface area contributed by atoms with Crippen LogP contribution in [0.1, 0.15) is 41.0 Å². The van der Waals surface area contributed by atoms with Crippen molar-refractivity contribution < 1.29 is 9.90 Å². The Morgan fingerprint density at radius 3 is 2.47 bits per heavy atom. The molecule has 0 aliphatic heterocycles. The van der Waals surface area contributed by atoms with Gasteiger partial charge < -0.3 is 9.67 Å². The number of benzene rings is 3. The van der Waals surface area contributed by atoms with Gasteiger partial charge in [-0.3, -0.25) is 4.79 Å². The Morgan fingerprint density at radius 2 is 1.79 bits per heavy atom. The van der Waals surface area contributed by atoms with Crippen LogP contribution >= 0.6 is 11.6 Å². The number of tetrazole rings is 1. The number of hydrogen-bond acceptors (Lipinski definition) is 6. The Kier molecular flexibility index (Phi) is 5.50. The number of fused-ring (bicyclic) bond motifs is 3. The van der Waals surface area contributed by atoms with Crippen molar-refractivity contribution in [2.45, 2.75) is 19.3 Å². The summed E-state index contributed by atoms with van der Waals surface area (Å²) in [5.74, 6) is -0.0794. The number of halogens is 1. The van der Waals surface area contributed by atoms with Gasteiger partial charge in [0.1, 0.15) is 5.75 Å². The molecule has 0 amide bonds. The first-order valence-corrected chi connectivity index (χ1v) is 12.4. The van der Waals surface area contributed by atoms with Gasteiger partial charge in [-0.25, -0.2) is 4.98 Å². The molecule has 0 radical (unpaired) electrons. The van der Waals surface area contributed by atoms with Crippen LogP contribution in [0.5, 0.6) is 5.75 Å². The molecule has 0 spiro atoms. The summed E-state index contributed by atoms with van der Waals surface area (Å²) in [5, 5.41) is 24.0. The van der Waals surface area contributed by atoms with Gasteiger partial charge in [-0.15, -0.1) is 5.10 Å². The fraction of sp³-hybridized carbons (Fsp3) is 0.138. The Balaban J connectivity index is 1.75. The van der Waals surface area contributed by atoms with Crippen LogP contribution < -0.4 is 0 Å². The average Bonchev–Trinajstić information content (AvgIpc) is 3.57. The summed E-state index contributed by atoms with van der Waals surface area (Å²) < 4.78 is 3.59. The first-order chi connectivity index (χ1) is 18.3. The van der Waals surface area contributed by atoms with Gasteiger partial charge in [-0.2, -0.15) is 4.52 Å². The molecule has 38 heavy (non-hydrogen) atoms. The van der Waals surface area contributed by atoms with Crippen LogP contribution in [0.3, 0.4) is 0 Å². The van der Waals surface area contributed by atoms with Crippen molar-refractivity contribution in [2.24, 2.45) is 7.05 Å². The normalized spacial score (nSPS) is 13.2. The van der Waals surface area contributed by atoms with E-state index in [0.717, 1.165) is 27.7 Å². The van der Waals surface area contributed by atoms with Gasteiger partial charge in [0.25, 0.3) is 0 Å². The molecule has 1 atom stereocenters. The van der Waals surface area contributed by atoms with Crippen molar-refractivity contribution in [3.05, 3.63) is 107 Å². The summed E-state index contributed by atoms with van der Waals surface area (Å²) in [6.07, 6.45) is 3.64. The zero-order valence-electron chi connectivity index (χ0n) is 20.9. The number of pyridine rings is 1. The number of carbonyl (C=O) groups is 1. The molecule has 188 valence electrons. The van der Waals surface area contributed by atoms with Gasteiger partial charge in [0, 0.05) is 29.2 Å². The predicted octanol–water partition coefficient (Wildman–Crippen LogP) is 5.59. The lowest BCUT2D eigenvalue weighted by molar-refractivity contribution is 0.101. The molecule has 8 nitrogen and oxygen atoms in total. The zero-order chi connectivity index (χ0) is 26.6. The highest BCUT2D eigenvalue weighted by molar-refractivity contribution is 6.30. The number of aromatic hydroxyl groups is 1. The Labute approximate surface area is 223 Å². The van der Waals surface area contributed by atoms with Crippen LogP contribution in [0.25, 0.3) is 27.7 Å². The molecule has 0 saturated heterocycles. The fourth-order valence-corrected chi connectivity index (χ4v) is 5.49. The fourth-order valence-electron chi connectivity index (χ4n) is 5.36. The number of carbonyl (C=O) groups excluding carboxylic acids is 1. The average molecular weight is 523 g/mol. The number of phenolic OH excluding ortho intramolecular Hbond substituents is 1. The van der Waals surface area contributed by atoms with E-state index in [0.29, 0.717) is 27.4 Å². The van der Waals surface area contributed by atoms with E-state index >= 15 is 0 Å². The number of hydrogen-bond donors (Lipinski definition) is 1. The van der Waals surface area contributed by atoms with Crippen LogP contribution in [0, 0.1) is 0 Å². The predicted molar refractivity (Wildman–Crippen MR) is 146 cm³/mol. The highest BCUT2D eigenvalue weighted by atomic mass is 35.5. The second-order valence-electron chi connectivity index (χ2n) is 9.52. The summed E-state index contributed by atoms with van der Waals surface area (Å²) in [4.78, 5) is 17.4. The molecule has 0 fully saturated rings. The second-order valence-corrected chi connectivity index (χ2v) is 9.96. The zero-order valence-corrected chi connectivity index (χ0v) is 21.7. The molecule has 0 aliphatic carbocycles. The van der Waals surface area contributed by atoms with Gasteiger partial charge in [0.05, 0.1) is 28.5 Å². The van der Waals surface area contributed by atoms with Gasteiger partial charge >= 0.3 is 0 Å². The number of phenols is 1. The molecule has 3 aromatic heterocycles. The number of nitrogens with zero attached hydrogens (tertiary/aromatic N) is 6. The lowest BCUT2D eigenvalue weighted by atomic mass is 9.73. The van der Waals surface area contributed by atoms with Crippen molar-refractivity contribution in [1.29, 1.82) is 0 Å². The van der Waals surface area contributed by atoms with Gasteiger partial charge in [-0.1, -0.05) is 41.9 Å². The highest BCUT2D eigenvalue weighted by Gasteiger charge is 2.35. The molecular weight excluding hydrogens is 500 g/mol. The molecule has 6 aromatic rings. The standard InChI is InChI=1S/C29H23ClN6O2/c1-17(37)26-27(18-5-4-6-22(38)13-18)23-14-20(9-12-24(23)36-28(26)32-33-34-36)29(2,25-15-31-16-35(25)3)19-7-10-21(30)11-8-19/h4-16,38H,1-3H3. The number of aryl methyl sites for hydroxylation is 1. The van der Waals surface area contributed by atoms with Gasteiger partial charge in [0.2, 0.25) is 0 Å². The maximum atomic E-state index is 13.1. The summed E-state index contributed by atoms with van der Waals surface area (Å²) in [7, 11) is 1.97. The van der Waals surface area contributed by atoms with E-state index in [1.807, 2.05) is 60.3 Å². The third kappa shape index (κ3) is 3.56. The second kappa shape index (κ2) is 8.78. The van der Waals surface area contributed by atoms with E-state index in [1.54, 1.807) is 29.0 Å². The van der Waals surface area contributed by atoms with Crippen molar-refractivity contribution in [3.8, 4) is 16.9 Å². The summed E-state index contributed by atoms with van der Waals surface area (Å²) in [5.41, 5.74) is 5.20. The molecular formula is C29H23ClN6O2. The van der Waals surface area contributed by atoms with Crippen LogP contribution in [-0.2, 0) is 12.5 Å². The maximum absolute atomic E-state index is 13.1. The number of aromatic nitrogens is 6. The first kappa shape index (κ1) is 23.8. The van der Waals surface area contributed by atoms with Crippen LogP contribution in [0.15, 0.2) is 79.3 Å². The van der Waals surface area contributed by atoms with Crippen LogP contribution in [0.4, 0.5) is 0 Å². The maximum Gasteiger partial charge on any atom is 0.191 e. The molecule has 0 saturated carbocycles. The topological polar surface area (TPSA) is 98.2 Å². The largest absolute Gasteiger partial charge is 0.508 e. The lowest BCUT2D eigenvalue weighted by Crippen LogP contribution is -2.28. The van der Waals surface area contributed by atoms with Crippen LogP contribution in [-0.4, -0.2) is 40.5 Å². The summed E-state index contributed by atoms with van der Waals surface area (Å²) in [6.45, 7) is 3.64. The van der Waals surface area contributed by atoms with E-state index in [9.17, 15) is 9.90 Å². The third-order valence-corrected chi connectivity index (χ3v) is 7.50. The highest BCUT2D eigenvalue weighted by Crippen LogP contribution is 2.42. The van der Waals surface area contributed by atoms with Gasteiger partial charge in [0.15, 0.2) is 11.4 Å². The molecule has 0 aliphatic rings. The quantitative estimate of drug-likeness (QED) is 0.296. The minimum Gasteiger partial charge on any atom is -0.508 e. The van der Waals surface area contributed by atoms with Gasteiger partial charge in [-0.05, 0) is 77.4 Å². The molecule has 0 bridgehead atoms. The summed E-state index contributed by atoms with van der Waals surface area (Å²) >= 11 is 6.24. The Morgan fingerprint density at radius 1 is 1.03 bits per heavy atom. The smallest absolute Gasteiger partial charge is 0.191 e.